The van der Waals surface area contributed by atoms with Crippen LogP contribution in [0.4, 0.5) is 0 Å². The van der Waals surface area contributed by atoms with Gasteiger partial charge in [0.15, 0.2) is 5.82 Å². The molecule has 3 aromatic rings. The molecule has 1 unspecified atom stereocenters. The number of hydrogen-bond acceptors (Lipinski definition) is 3. The first kappa shape index (κ1) is 9.99. The third kappa shape index (κ3) is 1.79. The van der Waals surface area contributed by atoms with Crippen LogP contribution < -0.4 is 0 Å². The number of rotatable bonds is 2. The molecule has 0 fully saturated rings. The average molecular weight is 225 g/mol. The van der Waals surface area contributed by atoms with E-state index in [0.717, 1.165) is 16.3 Å². The summed E-state index contributed by atoms with van der Waals surface area (Å²) in [4.78, 5) is 3.96. The van der Waals surface area contributed by atoms with E-state index in [1.807, 2.05) is 42.5 Å². The van der Waals surface area contributed by atoms with E-state index in [1.54, 1.807) is 0 Å². The summed E-state index contributed by atoms with van der Waals surface area (Å²) in [6, 6.07) is 13.9. The van der Waals surface area contributed by atoms with Gasteiger partial charge < -0.3 is 5.11 Å². The Morgan fingerprint density at radius 2 is 1.88 bits per heavy atom. The molecule has 0 aliphatic heterocycles. The normalized spacial score (nSPS) is 12.8. The molecule has 0 amide bonds. The zero-order chi connectivity index (χ0) is 11.7. The minimum absolute atomic E-state index is 0.459. The van der Waals surface area contributed by atoms with Crippen molar-refractivity contribution in [2.24, 2.45) is 0 Å². The van der Waals surface area contributed by atoms with Crippen LogP contribution in [0.25, 0.3) is 10.8 Å². The summed E-state index contributed by atoms with van der Waals surface area (Å²) in [6.45, 7) is 0. The molecule has 84 valence electrons. The minimum Gasteiger partial charge on any atom is -0.380 e. The maximum atomic E-state index is 10.1. The number of H-pyrrole nitrogens is 1. The molecule has 17 heavy (non-hydrogen) atoms. The van der Waals surface area contributed by atoms with Crippen molar-refractivity contribution in [1.29, 1.82) is 0 Å². The first-order valence-corrected chi connectivity index (χ1v) is 5.36. The third-order valence-electron chi connectivity index (χ3n) is 2.78. The monoisotopic (exact) mass is 225 g/mol. The van der Waals surface area contributed by atoms with Gasteiger partial charge in [0, 0.05) is 0 Å². The molecule has 0 radical (unpaired) electrons. The van der Waals surface area contributed by atoms with E-state index in [2.05, 4.69) is 15.2 Å². The Morgan fingerprint density at radius 1 is 1.06 bits per heavy atom. The highest BCUT2D eigenvalue weighted by Gasteiger charge is 2.13. The zero-order valence-electron chi connectivity index (χ0n) is 9.04. The summed E-state index contributed by atoms with van der Waals surface area (Å²) >= 11 is 0. The predicted octanol–water partition coefficient (Wildman–Crippen LogP) is 2.04. The first-order chi connectivity index (χ1) is 8.34. The minimum atomic E-state index is -0.762. The molecule has 2 N–H and O–H groups in total. The molecule has 0 aliphatic rings. The van der Waals surface area contributed by atoms with Gasteiger partial charge in [-0.25, -0.2) is 4.98 Å². The number of benzene rings is 2. The molecule has 0 bridgehead atoms. The van der Waals surface area contributed by atoms with Crippen molar-refractivity contribution in [3.63, 3.8) is 0 Å². The molecule has 0 saturated carbocycles. The highest BCUT2D eigenvalue weighted by atomic mass is 16.3. The van der Waals surface area contributed by atoms with Crippen LogP contribution in [0.1, 0.15) is 17.5 Å². The smallest absolute Gasteiger partial charge is 0.157 e. The second-order valence-corrected chi connectivity index (χ2v) is 3.88. The Morgan fingerprint density at radius 3 is 2.65 bits per heavy atom. The van der Waals surface area contributed by atoms with E-state index >= 15 is 0 Å². The molecule has 0 spiro atoms. The molecule has 1 aromatic heterocycles. The van der Waals surface area contributed by atoms with Crippen LogP contribution in [0, 0.1) is 0 Å². The van der Waals surface area contributed by atoms with Gasteiger partial charge in [-0.3, -0.25) is 5.10 Å². The molecule has 0 saturated heterocycles. The predicted molar refractivity (Wildman–Crippen MR) is 64.4 cm³/mol. The van der Waals surface area contributed by atoms with Crippen LogP contribution in [-0.4, -0.2) is 20.3 Å². The van der Waals surface area contributed by atoms with Crippen molar-refractivity contribution in [2.75, 3.05) is 0 Å². The number of fused-ring (bicyclic) bond motifs is 1. The lowest BCUT2D eigenvalue weighted by Crippen LogP contribution is -2.01. The molecule has 1 heterocycles. The average Bonchev–Trinajstić information content (AvgIpc) is 2.91. The largest absolute Gasteiger partial charge is 0.380 e. The summed E-state index contributed by atoms with van der Waals surface area (Å²) in [6.07, 6.45) is 0.627. The topological polar surface area (TPSA) is 61.8 Å². The van der Waals surface area contributed by atoms with E-state index in [0.29, 0.717) is 5.82 Å². The summed E-state index contributed by atoms with van der Waals surface area (Å²) in [5.41, 5.74) is 0.806. The Balaban J connectivity index is 2.06. The van der Waals surface area contributed by atoms with Crippen LogP contribution in [-0.2, 0) is 0 Å². The molecule has 4 heteroatoms. The number of nitrogens with zero attached hydrogens (tertiary/aromatic N) is 2. The second-order valence-electron chi connectivity index (χ2n) is 3.88. The van der Waals surface area contributed by atoms with Gasteiger partial charge in [0.1, 0.15) is 12.4 Å². The SMILES string of the molecule is OC(c1ccc2ccccc2c1)c1ncn[nH]1. The molecular weight excluding hydrogens is 214 g/mol. The Labute approximate surface area is 97.9 Å². The number of aliphatic hydroxyl groups excluding tert-OH is 1. The summed E-state index contributed by atoms with van der Waals surface area (Å²) < 4.78 is 0. The van der Waals surface area contributed by atoms with E-state index in [1.165, 1.54) is 6.33 Å². The van der Waals surface area contributed by atoms with Crippen LogP contribution in [0.5, 0.6) is 0 Å². The lowest BCUT2D eigenvalue weighted by molar-refractivity contribution is 0.210. The van der Waals surface area contributed by atoms with Crippen molar-refractivity contribution in [3.8, 4) is 0 Å². The lowest BCUT2D eigenvalue weighted by Gasteiger charge is -2.08. The molecular formula is C13H11N3O. The van der Waals surface area contributed by atoms with Gasteiger partial charge in [-0.05, 0) is 22.4 Å². The summed E-state index contributed by atoms with van der Waals surface area (Å²) in [7, 11) is 0. The van der Waals surface area contributed by atoms with Crippen LogP contribution in [0.3, 0.4) is 0 Å². The van der Waals surface area contributed by atoms with Gasteiger partial charge in [0.2, 0.25) is 0 Å². The highest BCUT2D eigenvalue weighted by molar-refractivity contribution is 5.83. The maximum Gasteiger partial charge on any atom is 0.157 e. The quantitative estimate of drug-likeness (QED) is 0.701. The number of aliphatic hydroxyl groups is 1. The Hall–Kier alpha value is -2.20. The van der Waals surface area contributed by atoms with Crippen molar-refractivity contribution >= 4 is 10.8 Å². The fourth-order valence-corrected chi connectivity index (χ4v) is 1.88. The van der Waals surface area contributed by atoms with Crippen molar-refractivity contribution < 1.29 is 5.11 Å². The van der Waals surface area contributed by atoms with Crippen molar-refractivity contribution in [3.05, 3.63) is 60.2 Å². The van der Waals surface area contributed by atoms with Gasteiger partial charge in [-0.15, -0.1) is 0 Å². The third-order valence-corrected chi connectivity index (χ3v) is 2.78. The van der Waals surface area contributed by atoms with Crippen molar-refractivity contribution in [2.45, 2.75) is 6.10 Å². The number of aromatic amines is 1. The molecule has 3 rings (SSSR count). The summed E-state index contributed by atoms with van der Waals surface area (Å²) in [5.74, 6) is 0.459. The fraction of sp³-hybridized carbons (Fsp3) is 0.0769. The molecule has 2 aromatic carbocycles. The van der Waals surface area contributed by atoms with Gasteiger partial charge >= 0.3 is 0 Å². The van der Waals surface area contributed by atoms with Crippen LogP contribution >= 0.6 is 0 Å². The fourth-order valence-electron chi connectivity index (χ4n) is 1.88. The van der Waals surface area contributed by atoms with E-state index in [-0.39, 0.29) is 0 Å². The maximum absolute atomic E-state index is 10.1. The van der Waals surface area contributed by atoms with E-state index < -0.39 is 6.10 Å². The van der Waals surface area contributed by atoms with Crippen LogP contribution in [0.2, 0.25) is 0 Å². The van der Waals surface area contributed by atoms with E-state index in [9.17, 15) is 5.11 Å². The number of aromatic nitrogens is 3. The second kappa shape index (κ2) is 3.99. The van der Waals surface area contributed by atoms with Crippen molar-refractivity contribution in [1.82, 2.24) is 15.2 Å². The molecule has 1 atom stereocenters. The van der Waals surface area contributed by atoms with Gasteiger partial charge in [-0.2, -0.15) is 5.10 Å². The zero-order valence-corrected chi connectivity index (χ0v) is 9.04. The van der Waals surface area contributed by atoms with Gasteiger partial charge in [0.05, 0.1) is 0 Å². The molecule has 4 nitrogen and oxygen atoms in total. The number of nitrogens with one attached hydrogen (secondary N) is 1. The van der Waals surface area contributed by atoms with Crippen LogP contribution in [0.15, 0.2) is 48.8 Å². The first-order valence-electron chi connectivity index (χ1n) is 5.36. The van der Waals surface area contributed by atoms with Gasteiger partial charge in [-0.1, -0.05) is 36.4 Å². The summed E-state index contributed by atoms with van der Waals surface area (Å²) in [5, 5.41) is 18.8. The standard InChI is InChI=1S/C13H11N3O/c17-12(13-14-8-15-16-13)11-6-5-9-3-1-2-4-10(9)7-11/h1-8,12,17H,(H,14,15,16). The highest BCUT2D eigenvalue weighted by Crippen LogP contribution is 2.22. The number of hydrogen-bond donors (Lipinski definition) is 2. The Kier molecular flexibility index (Phi) is 2.34. The lowest BCUT2D eigenvalue weighted by atomic mass is 10.0. The molecule has 0 aliphatic carbocycles. The Bertz CT molecular complexity index is 634. The van der Waals surface area contributed by atoms with Gasteiger partial charge in [0.25, 0.3) is 0 Å². The van der Waals surface area contributed by atoms with E-state index in [4.69, 9.17) is 0 Å².